The highest BCUT2D eigenvalue weighted by molar-refractivity contribution is 5.61. The second-order valence-corrected chi connectivity index (χ2v) is 3.14. The third kappa shape index (κ3) is 1.28. The third-order valence-electron chi connectivity index (χ3n) is 2.24. The highest BCUT2D eigenvalue weighted by Crippen LogP contribution is 2.18. The molecule has 2 aliphatic heterocycles. The Balaban J connectivity index is 2.15. The smallest absolute Gasteiger partial charge is 0.142 e. The van der Waals surface area contributed by atoms with E-state index in [9.17, 15) is 4.79 Å². The monoisotopic (exact) mass is 164 g/mol. The minimum atomic E-state index is -0.000417. The normalized spacial score (nSPS) is 27.8. The summed E-state index contributed by atoms with van der Waals surface area (Å²) in [7, 11) is 0. The quantitative estimate of drug-likeness (QED) is 0.534. The average molecular weight is 164 g/mol. The van der Waals surface area contributed by atoms with Crippen LogP contribution in [0.3, 0.4) is 0 Å². The first-order valence-corrected chi connectivity index (χ1v) is 4.21. The summed E-state index contributed by atoms with van der Waals surface area (Å²) >= 11 is 0. The molecule has 0 aromatic heterocycles. The average Bonchev–Trinajstić information content (AvgIpc) is 2.37. The van der Waals surface area contributed by atoms with E-state index < -0.39 is 0 Å². The second kappa shape index (κ2) is 3.11. The maximum atomic E-state index is 10.5. The molecule has 0 aromatic carbocycles. The van der Waals surface area contributed by atoms with Gasteiger partial charge in [-0.15, -0.1) is 0 Å². The minimum absolute atomic E-state index is 0.000417. The van der Waals surface area contributed by atoms with Gasteiger partial charge in [0.05, 0.1) is 6.04 Å². The lowest BCUT2D eigenvalue weighted by molar-refractivity contribution is -0.109. The lowest BCUT2D eigenvalue weighted by Gasteiger charge is -2.02. The van der Waals surface area contributed by atoms with E-state index in [-0.39, 0.29) is 6.04 Å². The van der Waals surface area contributed by atoms with Crippen molar-refractivity contribution in [2.24, 2.45) is 0 Å². The zero-order valence-electron chi connectivity index (χ0n) is 6.84. The standard InChI is InChI=1S/C9H12N2O/c12-6-8-4-7-5-10-3-1-2-9(7)11-8/h1-2,6,8,10-11H,3-5H2. The van der Waals surface area contributed by atoms with Gasteiger partial charge in [0.25, 0.3) is 0 Å². The van der Waals surface area contributed by atoms with Gasteiger partial charge in [0.1, 0.15) is 6.29 Å². The molecule has 64 valence electrons. The zero-order chi connectivity index (χ0) is 8.39. The van der Waals surface area contributed by atoms with Gasteiger partial charge in [0.15, 0.2) is 0 Å². The van der Waals surface area contributed by atoms with E-state index in [1.165, 1.54) is 5.57 Å². The van der Waals surface area contributed by atoms with E-state index in [0.29, 0.717) is 0 Å². The van der Waals surface area contributed by atoms with Crippen molar-refractivity contribution in [3.63, 3.8) is 0 Å². The summed E-state index contributed by atoms with van der Waals surface area (Å²) in [6, 6.07) is -0.000417. The predicted molar refractivity (Wildman–Crippen MR) is 46.6 cm³/mol. The lowest BCUT2D eigenvalue weighted by Crippen LogP contribution is -2.23. The van der Waals surface area contributed by atoms with Crippen molar-refractivity contribution in [3.8, 4) is 0 Å². The van der Waals surface area contributed by atoms with Crippen molar-refractivity contribution in [3.05, 3.63) is 23.4 Å². The molecule has 2 rings (SSSR count). The third-order valence-corrected chi connectivity index (χ3v) is 2.24. The van der Waals surface area contributed by atoms with E-state index in [0.717, 1.165) is 31.5 Å². The minimum Gasteiger partial charge on any atom is -0.375 e. The van der Waals surface area contributed by atoms with Crippen molar-refractivity contribution < 1.29 is 4.79 Å². The van der Waals surface area contributed by atoms with Crippen LogP contribution in [0.2, 0.25) is 0 Å². The fraction of sp³-hybridized carbons (Fsp3) is 0.444. The summed E-state index contributed by atoms with van der Waals surface area (Å²) in [6.07, 6.45) is 5.96. The van der Waals surface area contributed by atoms with Crippen molar-refractivity contribution >= 4 is 6.29 Å². The molecule has 1 unspecified atom stereocenters. The number of carbonyl (C=O) groups is 1. The molecular weight excluding hydrogens is 152 g/mol. The molecule has 2 N–H and O–H groups in total. The molecule has 12 heavy (non-hydrogen) atoms. The zero-order valence-corrected chi connectivity index (χ0v) is 6.84. The number of nitrogens with one attached hydrogen (secondary N) is 2. The summed E-state index contributed by atoms with van der Waals surface area (Å²) in [6.45, 7) is 1.82. The Hall–Kier alpha value is -1.09. The van der Waals surface area contributed by atoms with Crippen LogP contribution in [-0.2, 0) is 4.79 Å². The molecule has 0 saturated carbocycles. The number of carbonyl (C=O) groups excluding carboxylic acids is 1. The Kier molecular flexibility index (Phi) is 1.96. The molecule has 1 atom stereocenters. The van der Waals surface area contributed by atoms with Gasteiger partial charge in [0.2, 0.25) is 0 Å². The van der Waals surface area contributed by atoms with E-state index in [1.54, 1.807) is 0 Å². The number of allylic oxidation sites excluding steroid dienone is 1. The van der Waals surface area contributed by atoms with Crippen LogP contribution in [0.15, 0.2) is 23.4 Å². The molecule has 0 aliphatic carbocycles. The van der Waals surface area contributed by atoms with Gasteiger partial charge in [0, 0.05) is 18.8 Å². The molecule has 0 spiro atoms. The van der Waals surface area contributed by atoms with Crippen LogP contribution in [-0.4, -0.2) is 25.4 Å². The highest BCUT2D eigenvalue weighted by Gasteiger charge is 2.21. The van der Waals surface area contributed by atoms with Crippen molar-refractivity contribution in [1.29, 1.82) is 0 Å². The van der Waals surface area contributed by atoms with Crippen LogP contribution >= 0.6 is 0 Å². The number of rotatable bonds is 1. The fourth-order valence-corrected chi connectivity index (χ4v) is 1.63. The van der Waals surface area contributed by atoms with Crippen LogP contribution < -0.4 is 10.6 Å². The number of hydrogen-bond acceptors (Lipinski definition) is 3. The summed E-state index contributed by atoms with van der Waals surface area (Å²) in [5.74, 6) is 0. The maximum Gasteiger partial charge on any atom is 0.142 e. The van der Waals surface area contributed by atoms with Crippen LogP contribution in [0.1, 0.15) is 6.42 Å². The molecule has 0 radical (unpaired) electrons. The van der Waals surface area contributed by atoms with Gasteiger partial charge in [-0.05, 0) is 18.1 Å². The Morgan fingerprint density at radius 3 is 3.33 bits per heavy atom. The van der Waals surface area contributed by atoms with Gasteiger partial charge >= 0.3 is 0 Å². The molecule has 0 bridgehead atoms. The lowest BCUT2D eigenvalue weighted by atomic mass is 10.1. The van der Waals surface area contributed by atoms with E-state index in [2.05, 4.69) is 22.8 Å². The Morgan fingerprint density at radius 1 is 1.58 bits per heavy atom. The van der Waals surface area contributed by atoms with Gasteiger partial charge in [-0.3, -0.25) is 0 Å². The molecule has 3 nitrogen and oxygen atoms in total. The Labute approximate surface area is 71.5 Å². The maximum absolute atomic E-state index is 10.5. The number of hydrogen-bond donors (Lipinski definition) is 2. The second-order valence-electron chi connectivity index (χ2n) is 3.14. The van der Waals surface area contributed by atoms with Crippen molar-refractivity contribution in [2.75, 3.05) is 13.1 Å². The number of aldehydes is 1. The van der Waals surface area contributed by atoms with Crippen LogP contribution in [0.4, 0.5) is 0 Å². The first-order chi connectivity index (χ1) is 5.90. The van der Waals surface area contributed by atoms with Crippen LogP contribution in [0, 0.1) is 0 Å². The molecule has 0 fully saturated rings. The van der Waals surface area contributed by atoms with Crippen molar-refractivity contribution in [1.82, 2.24) is 10.6 Å². The molecule has 0 saturated heterocycles. The Bertz CT molecular complexity index is 255. The molecule has 2 aliphatic rings. The SMILES string of the molecule is O=CC1CC2=C(C=CCNC2)N1. The van der Waals surface area contributed by atoms with Gasteiger partial charge in [-0.1, -0.05) is 6.08 Å². The van der Waals surface area contributed by atoms with E-state index in [4.69, 9.17) is 0 Å². The summed E-state index contributed by atoms with van der Waals surface area (Å²) in [5.41, 5.74) is 2.46. The van der Waals surface area contributed by atoms with Crippen LogP contribution in [0.25, 0.3) is 0 Å². The summed E-state index contributed by atoms with van der Waals surface area (Å²) < 4.78 is 0. The fourth-order valence-electron chi connectivity index (χ4n) is 1.63. The molecule has 2 heterocycles. The molecule has 3 heteroatoms. The summed E-state index contributed by atoms with van der Waals surface area (Å²) in [4.78, 5) is 10.5. The predicted octanol–water partition coefficient (Wildman–Crippen LogP) is -0.0393. The summed E-state index contributed by atoms with van der Waals surface area (Å²) in [5, 5.41) is 6.43. The van der Waals surface area contributed by atoms with E-state index in [1.807, 2.05) is 0 Å². The molecule has 0 amide bonds. The molecule has 0 aromatic rings. The topological polar surface area (TPSA) is 41.1 Å². The first-order valence-electron chi connectivity index (χ1n) is 4.21. The van der Waals surface area contributed by atoms with Crippen molar-refractivity contribution in [2.45, 2.75) is 12.5 Å². The van der Waals surface area contributed by atoms with Gasteiger partial charge in [-0.2, -0.15) is 0 Å². The first kappa shape index (κ1) is 7.55. The largest absolute Gasteiger partial charge is 0.375 e. The van der Waals surface area contributed by atoms with Gasteiger partial charge in [-0.25, -0.2) is 0 Å². The van der Waals surface area contributed by atoms with E-state index >= 15 is 0 Å². The highest BCUT2D eigenvalue weighted by atomic mass is 16.1. The Morgan fingerprint density at radius 2 is 2.50 bits per heavy atom. The molecular formula is C9H12N2O. The van der Waals surface area contributed by atoms with Gasteiger partial charge < -0.3 is 15.4 Å². The van der Waals surface area contributed by atoms with Crippen LogP contribution in [0.5, 0.6) is 0 Å².